The zero-order valence-corrected chi connectivity index (χ0v) is 26.9. The standard InChI is InChI=1S/C30H34Cl3N3O5S/c1-5-20(3)34-30(38)27(6-2)35(18-23-24(31)13-10-14-25(23)32)29(37)19-36(21-15-16-28(41-4)26(33)17-21)42(39,40)22-11-8-7-9-12-22/h7-17,20,27H,5-6,18-19H2,1-4H3,(H,34,38)/t20-,27+/m1/s1. The van der Waals surface area contributed by atoms with Crippen LogP contribution in [0.15, 0.2) is 71.6 Å². The summed E-state index contributed by atoms with van der Waals surface area (Å²) in [5.74, 6) is -0.663. The number of ether oxygens (including phenoxy) is 1. The molecule has 226 valence electrons. The van der Waals surface area contributed by atoms with Crippen LogP contribution < -0.4 is 14.4 Å². The predicted octanol–water partition coefficient (Wildman–Crippen LogP) is 6.57. The maximum absolute atomic E-state index is 14.2. The van der Waals surface area contributed by atoms with Gasteiger partial charge in [0.15, 0.2) is 0 Å². The molecule has 0 aliphatic carbocycles. The lowest BCUT2D eigenvalue weighted by molar-refractivity contribution is -0.140. The highest BCUT2D eigenvalue weighted by atomic mass is 35.5. The average Bonchev–Trinajstić information content (AvgIpc) is 2.97. The fourth-order valence-corrected chi connectivity index (χ4v) is 6.47. The number of sulfonamides is 1. The summed E-state index contributed by atoms with van der Waals surface area (Å²) in [6.07, 6.45) is 0.948. The minimum atomic E-state index is -4.25. The van der Waals surface area contributed by atoms with E-state index in [0.29, 0.717) is 27.8 Å². The highest BCUT2D eigenvalue weighted by Crippen LogP contribution is 2.33. The zero-order chi connectivity index (χ0) is 31.0. The Bertz CT molecular complexity index is 1490. The summed E-state index contributed by atoms with van der Waals surface area (Å²) in [5.41, 5.74) is 0.583. The zero-order valence-electron chi connectivity index (χ0n) is 23.8. The molecule has 0 aliphatic heterocycles. The van der Waals surface area contributed by atoms with E-state index in [1.54, 1.807) is 43.3 Å². The molecule has 0 heterocycles. The monoisotopic (exact) mass is 653 g/mol. The number of benzene rings is 3. The van der Waals surface area contributed by atoms with Crippen molar-refractivity contribution in [2.75, 3.05) is 18.0 Å². The van der Waals surface area contributed by atoms with Crippen LogP contribution in [0.5, 0.6) is 5.75 Å². The van der Waals surface area contributed by atoms with Crippen molar-refractivity contribution in [1.82, 2.24) is 10.2 Å². The van der Waals surface area contributed by atoms with Gasteiger partial charge >= 0.3 is 0 Å². The lowest BCUT2D eigenvalue weighted by Crippen LogP contribution is -2.53. The highest BCUT2D eigenvalue weighted by molar-refractivity contribution is 7.92. The molecule has 8 nitrogen and oxygen atoms in total. The second kappa shape index (κ2) is 15.0. The van der Waals surface area contributed by atoms with E-state index in [0.717, 1.165) is 4.31 Å². The molecule has 0 unspecified atom stereocenters. The fraction of sp³-hybridized carbons (Fsp3) is 0.333. The van der Waals surface area contributed by atoms with Gasteiger partial charge in [-0.25, -0.2) is 8.42 Å². The maximum atomic E-state index is 14.2. The number of rotatable bonds is 13. The molecule has 2 amide bonds. The SMILES string of the molecule is CC[C@@H](C)NC(=O)[C@H](CC)N(Cc1c(Cl)cccc1Cl)C(=O)CN(c1ccc(OC)c(Cl)c1)S(=O)(=O)c1ccccc1. The van der Waals surface area contributed by atoms with Gasteiger partial charge in [-0.1, -0.05) is 72.9 Å². The third-order valence-electron chi connectivity index (χ3n) is 6.81. The Hall–Kier alpha value is -2.98. The van der Waals surface area contributed by atoms with Crippen molar-refractivity contribution in [3.8, 4) is 5.75 Å². The van der Waals surface area contributed by atoms with Gasteiger partial charge in [0.05, 0.1) is 22.7 Å². The first-order valence-electron chi connectivity index (χ1n) is 13.4. The Labute approximate surface area is 262 Å². The number of methoxy groups -OCH3 is 1. The largest absolute Gasteiger partial charge is 0.495 e. The van der Waals surface area contributed by atoms with Gasteiger partial charge in [0.1, 0.15) is 18.3 Å². The number of anilines is 1. The van der Waals surface area contributed by atoms with Gasteiger partial charge in [0, 0.05) is 28.2 Å². The Kier molecular flexibility index (Phi) is 11.9. The summed E-state index contributed by atoms with van der Waals surface area (Å²) in [7, 11) is -2.81. The van der Waals surface area contributed by atoms with Crippen molar-refractivity contribution in [3.05, 3.63) is 87.4 Å². The van der Waals surface area contributed by atoms with Crippen LogP contribution in [0.2, 0.25) is 15.1 Å². The first-order valence-corrected chi connectivity index (χ1v) is 16.0. The van der Waals surface area contributed by atoms with Gasteiger partial charge in [0.25, 0.3) is 10.0 Å². The van der Waals surface area contributed by atoms with Gasteiger partial charge in [-0.3, -0.25) is 13.9 Å². The molecule has 0 radical (unpaired) electrons. The maximum Gasteiger partial charge on any atom is 0.264 e. The van der Waals surface area contributed by atoms with Crippen LogP contribution in [0.25, 0.3) is 0 Å². The molecule has 0 bridgehead atoms. The molecule has 1 N–H and O–H groups in total. The van der Waals surface area contributed by atoms with Crippen LogP contribution in [0.1, 0.15) is 39.2 Å². The van der Waals surface area contributed by atoms with Gasteiger partial charge in [-0.05, 0) is 62.2 Å². The summed E-state index contributed by atoms with van der Waals surface area (Å²) in [4.78, 5) is 28.9. The van der Waals surface area contributed by atoms with Crippen LogP contribution in [0.3, 0.4) is 0 Å². The smallest absolute Gasteiger partial charge is 0.264 e. The predicted molar refractivity (Wildman–Crippen MR) is 168 cm³/mol. The Morgan fingerprint density at radius 2 is 1.55 bits per heavy atom. The van der Waals surface area contributed by atoms with Crippen molar-refractivity contribution in [2.45, 2.75) is 57.1 Å². The van der Waals surface area contributed by atoms with Gasteiger partial charge in [-0.15, -0.1) is 0 Å². The average molecular weight is 655 g/mol. The Morgan fingerprint density at radius 1 is 0.905 bits per heavy atom. The lowest BCUT2D eigenvalue weighted by atomic mass is 10.1. The molecule has 12 heteroatoms. The Balaban J connectivity index is 2.12. The topological polar surface area (TPSA) is 96.0 Å². The van der Waals surface area contributed by atoms with Crippen molar-refractivity contribution in [3.63, 3.8) is 0 Å². The molecule has 0 aliphatic rings. The molecule has 3 aromatic carbocycles. The molecule has 0 aromatic heterocycles. The molecule has 0 saturated heterocycles. The number of halogens is 3. The van der Waals surface area contributed by atoms with E-state index in [1.807, 2.05) is 13.8 Å². The molecular weight excluding hydrogens is 621 g/mol. The number of carbonyl (C=O) groups excluding carboxylic acids is 2. The number of hydrogen-bond donors (Lipinski definition) is 1. The lowest BCUT2D eigenvalue weighted by Gasteiger charge is -2.34. The summed E-state index contributed by atoms with van der Waals surface area (Å²) in [6.45, 7) is 4.83. The van der Waals surface area contributed by atoms with E-state index in [9.17, 15) is 18.0 Å². The summed E-state index contributed by atoms with van der Waals surface area (Å²) in [5, 5.41) is 3.72. The second-order valence-corrected chi connectivity index (χ2v) is 12.7. The molecule has 42 heavy (non-hydrogen) atoms. The van der Waals surface area contributed by atoms with Gasteiger partial charge in [-0.2, -0.15) is 0 Å². The van der Waals surface area contributed by atoms with Crippen molar-refractivity contribution in [1.29, 1.82) is 0 Å². The summed E-state index contributed by atoms with van der Waals surface area (Å²) in [6, 6.07) is 16.1. The molecular formula is C30H34Cl3N3O5S. The van der Waals surface area contributed by atoms with Crippen molar-refractivity contribution >= 4 is 62.3 Å². The third kappa shape index (κ3) is 7.89. The van der Waals surface area contributed by atoms with Crippen molar-refractivity contribution < 1.29 is 22.7 Å². The molecule has 0 fully saturated rings. The number of nitrogens with zero attached hydrogens (tertiary/aromatic N) is 2. The van der Waals surface area contributed by atoms with Crippen LogP contribution in [-0.2, 0) is 26.2 Å². The Morgan fingerprint density at radius 3 is 2.10 bits per heavy atom. The minimum absolute atomic E-state index is 0.0213. The fourth-order valence-electron chi connectivity index (χ4n) is 4.27. The molecule has 0 spiro atoms. The minimum Gasteiger partial charge on any atom is -0.495 e. The van der Waals surface area contributed by atoms with Gasteiger partial charge < -0.3 is 15.0 Å². The van der Waals surface area contributed by atoms with Gasteiger partial charge in [0.2, 0.25) is 11.8 Å². The van der Waals surface area contributed by atoms with E-state index >= 15 is 0 Å². The highest BCUT2D eigenvalue weighted by Gasteiger charge is 2.34. The number of nitrogens with one attached hydrogen (secondary N) is 1. The van der Waals surface area contributed by atoms with E-state index in [-0.39, 0.29) is 40.5 Å². The molecule has 3 rings (SSSR count). The number of carbonyl (C=O) groups is 2. The molecule has 3 aromatic rings. The third-order valence-corrected chi connectivity index (χ3v) is 9.60. The normalized spacial score (nSPS) is 12.7. The van der Waals surface area contributed by atoms with E-state index < -0.39 is 28.5 Å². The van der Waals surface area contributed by atoms with Crippen LogP contribution >= 0.6 is 34.8 Å². The quantitative estimate of drug-likeness (QED) is 0.225. The summed E-state index contributed by atoms with van der Waals surface area (Å²) >= 11 is 19.3. The van der Waals surface area contributed by atoms with E-state index in [4.69, 9.17) is 39.5 Å². The summed E-state index contributed by atoms with van der Waals surface area (Å²) < 4.78 is 34.1. The van der Waals surface area contributed by atoms with Crippen LogP contribution in [0, 0.1) is 0 Å². The van der Waals surface area contributed by atoms with Crippen molar-refractivity contribution in [2.24, 2.45) is 0 Å². The second-order valence-electron chi connectivity index (χ2n) is 9.61. The van der Waals surface area contributed by atoms with Crippen LogP contribution in [0.4, 0.5) is 5.69 Å². The van der Waals surface area contributed by atoms with Crippen LogP contribution in [-0.4, -0.2) is 50.9 Å². The molecule has 2 atom stereocenters. The number of hydrogen-bond acceptors (Lipinski definition) is 5. The molecule has 0 saturated carbocycles. The first kappa shape index (κ1) is 33.5. The van der Waals surface area contributed by atoms with E-state index in [2.05, 4.69) is 5.32 Å². The van der Waals surface area contributed by atoms with E-state index in [1.165, 1.54) is 42.3 Å². The first-order chi connectivity index (χ1) is 19.9. The number of amides is 2.